The zero-order valence-corrected chi connectivity index (χ0v) is 7.39. The fraction of sp³-hybridized carbons (Fsp3) is 0.375. The standard InChI is InChI=1S/C8H11ClN2/c1-5-3-4-7(6(2)10)8(9)11-5/h3-4,6H,10H2,1-2H3/t6-/m0/s1. The molecule has 0 saturated heterocycles. The van der Waals surface area contributed by atoms with E-state index in [9.17, 15) is 0 Å². The van der Waals surface area contributed by atoms with Crippen LogP contribution in [0.4, 0.5) is 0 Å². The molecule has 0 aliphatic heterocycles. The number of rotatable bonds is 1. The molecule has 1 aromatic heterocycles. The van der Waals surface area contributed by atoms with Gasteiger partial charge in [-0.05, 0) is 19.9 Å². The smallest absolute Gasteiger partial charge is 0.134 e. The number of aromatic nitrogens is 1. The Balaban J connectivity index is 3.09. The molecule has 0 aliphatic rings. The Morgan fingerprint density at radius 2 is 2.18 bits per heavy atom. The van der Waals surface area contributed by atoms with Crippen molar-refractivity contribution in [3.8, 4) is 0 Å². The van der Waals surface area contributed by atoms with Gasteiger partial charge >= 0.3 is 0 Å². The van der Waals surface area contributed by atoms with E-state index in [0.717, 1.165) is 11.3 Å². The summed E-state index contributed by atoms with van der Waals surface area (Å²) in [6, 6.07) is 3.77. The summed E-state index contributed by atoms with van der Waals surface area (Å²) in [5.41, 5.74) is 7.46. The summed E-state index contributed by atoms with van der Waals surface area (Å²) in [5.74, 6) is 0. The first-order valence-corrected chi connectivity index (χ1v) is 3.87. The quantitative estimate of drug-likeness (QED) is 0.656. The maximum atomic E-state index is 5.83. The van der Waals surface area contributed by atoms with Crippen molar-refractivity contribution < 1.29 is 0 Å². The number of hydrogen-bond acceptors (Lipinski definition) is 2. The molecule has 1 rings (SSSR count). The normalized spacial score (nSPS) is 13.1. The summed E-state index contributed by atoms with van der Waals surface area (Å²) in [6.45, 7) is 3.79. The highest BCUT2D eigenvalue weighted by Crippen LogP contribution is 2.18. The monoisotopic (exact) mass is 170 g/mol. The Morgan fingerprint density at radius 1 is 1.55 bits per heavy atom. The van der Waals surface area contributed by atoms with Gasteiger partial charge < -0.3 is 5.73 Å². The van der Waals surface area contributed by atoms with Crippen LogP contribution in [0.1, 0.15) is 24.2 Å². The van der Waals surface area contributed by atoms with Gasteiger partial charge in [0.25, 0.3) is 0 Å². The number of nitrogens with two attached hydrogens (primary N) is 1. The maximum Gasteiger partial charge on any atom is 0.134 e. The van der Waals surface area contributed by atoms with E-state index in [1.54, 1.807) is 0 Å². The number of aryl methyl sites for hydroxylation is 1. The molecule has 0 radical (unpaired) electrons. The van der Waals surface area contributed by atoms with Crippen molar-refractivity contribution in [3.63, 3.8) is 0 Å². The van der Waals surface area contributed by atoms with Gasteiger partial charge in [0.15, 0.2) is 0 Å². The lowest BCUT2D eigenvalue weighted by atomic mass is 10.1. The largest absolute Gasteiger partial charge is 0.324 e. The third-order valence-corrected chi connectivity index (χ3v) is 1.81. The minimum Gasteiger partial charge on any atom is -0.324 e. The van der Waals surface area contributed by atoms with Gasteiger partial charge in [0.05, 0.1) is 0 Å². The van der Waals surface area contributed by atoms with Crippen LogP contribution in [-0.4, -0.2) is 4.98 Å². The molecule has 1 aromatic rings. The fourth-order valence-corrected chi connectivity index (χ4v) is 1.24. The van der Waals surface area contributed by atoms with E-state index in [0.29, 0.717) is 5.15 Å². The van der Waals surface area contributed by atoms with Crippen LogP contribution in [0.15, 0.2) is 12.1 Å². The van der Waals surface area contributed by atoms with Crippen LogP contribution in [-0.2, 0) is 0 Å². The summed E-state index contributed by atoms with van der Waals surface area (Å²) >= 11 is 5.83. The molecule has 1 heterocycles. The van der Waals surface area contributed by atoms with Crippen molar-refractivity contribution in [1.29, 1.82) is 0 Å². The Hall–Kier alpha value is -0.600. The number of halogens is 1. The lowest BCUT2D eigenvalue weighted by Crippen LogP contribution is -2.06. The average molecular weight is 171 g/mol. The van der Waals surface area contributed by atoms with Gasteiger partial charge in [0.2, 0.25) is 0 Å². The molecule has 1 atom stereocenters. The first-order valence-electron chi connectivity index (χ1n) is 3.50. The third kappa shape index (κ3) is 1.91. The number of pyridine rings is 1. The Bertz CT molecular complexity index is 258. The highest BCUT2D eigenvalue weighted by Gasteiger charge is 2.05. The molecule has 0 aliphatic carbocycles. The third-order valence-electron chi connectivity index (χ3n) is 1.51. The van der Waals surface area contributed by atoms with Gasteiger partial charge in [0.1, 0.15) is 5.15 Å². The molecule has 0 bridgehead atoms. The lowest BCUT2D eigenvalue weighted by molar-refractivity contribution is 0.810. The molecular weight excluding hydrogens is 160 g/mol. The van der Waals surface area contributed by atoms with E-state index >= 15 is 0 Å². The Morgan fingerprint density at radius 3 is 2.64 bits per heavy atom. The predicted molar refractivity (Wildman–Crippen MR) is 46.6 cm³/mol. The van der Waals surface area contributed by atoms with Crippen molar-refractivity contribution in [3.05, 3.63) is 28.5 Å². The van der Waals surface area contributed by atoms with E-state index in [1.807, 2.05) is 26.0 Å². The van der Waals surface area contributed by atoms with Crippen LogP contribution < -0.4 is 5.73 Å². The van der Waals surface area contributed by atoms with E-state index in [2.05, 4.69) is 4.98 Å². The summed E-state index contributed by atoms with van der Waals surface area (Å²) in [5, 5.41) is 0.514. The van der Waals surface area contributed by atoms with Gasteiger partial charge in [0, 0.05) is 17.3 Å². The molecule has 11 heavy (non-hydrogen) atoms. The van der Waals surface area contributed by atoms with Gasteiger partial charge in [-0.1, -0.05) is 17.7 Å². The molecule has 2 nitrogen and oxygen atoms in total. The predicted octanol–water partition coefficient (Wildman–Crippen LogP) is 2.06. The van der Waals surface area contributed by atoms with Crippen LogP contribution in [0, 0.1) is 6.92 Å². The lowest BCUT2D eigenvalue weighted by Gasteiger charge is -2.06. The van der Waals surface area contributed by atoms with Crippen LogP contribution >= 0.6 is 11.6 Å². The van der Waals surface area contributed by atoms with Gasteiger partial charge in [-0.25, -0.2) is 4.98 Å². The zero-order chi connectivity index (χ0) is 8.43. The van der Waals surface area contributed by atoms with E-state index in [4.69, 9.17) is 17.3 Å². The van der Waals surface area contributed by atoms with Gasteiger partial charge in [-0.2, -0.15) is 0 Å². The molecule has 0 fully saturated rings. The topological polar surface area (TPSA) is 38.9 Å². The van der Waals surface area contributed by atoms with Crippen molar-refractivity contribution in [1.82, 2.24) is 4.98 Å². The average Bonchev–Trinajstić information content (AvgIpc) is 1.85. The van der Waals surface area contributed by atoms with Gasteiger partial charge in [-0.3, -0.25) is 0 Å². The summed E-state index contributed by atoms with van der Waals surface area (Å²) in [7, 11) is 0. The van der Waals surface area contributed by atoms with Gasteiger partial charge in [-0.15, -0.1) is 0 Å². The van der Waals surface area contributed by atoms with Crippen molar-refractivity contribution in [2.75, 3.05) is 0 Å². The highest BCUT2D eigenvalue weighted by molar-refractivity contribution is 6.30. The molecule has 0 spiro atoms. The minimum atomic E-state index is -0.0457. The molecule has 0 amide bonds. The van der Waals surface area contributed by atoms with Crippen molar-refractivity contribution in [2.45, 2.75) is 19.9 Å². The maximum absolute atomic E-state index is 5.83. The van der Waals surface area contributed by atoms with E-state index in [1.165, 1.54) is 0 Å². The van der Waals surface area contributed by atoms with Crippen LogP contribution in [0.3, 0.4) is 0 Å². The summed E-state index contributed by atoms with van der Waals surface area (Å²) in [4.78, 5) is 4.08. The van der Waals surface area contributed by atoms with Crippen LogP contribution in [0.5, 0.6) is 0 Å². The molecule has 2 N–H and O–H groups in total. The summed E-state index contributed by atoms with van der Waals surface area (Å²) < 4.78 is 0. The summed E-state index contributed by atoms with van der Waals surface area (Å²) in [6.07, 6.45) is 0. The van der Waals surface area contributed by atoms with Crippen LogP contribution in [0.25, 0.3) is 0 Å². The van der Waals surface area contributed by atoms with E-state index < -0.39 is 0 Å². The molecule has 0 unspecified atom stereocenters. The van der Waals surface area contributed by atoms with Crippen LogP contribution in [0.2, 0.25) is 5.15 Å². The first kappa shape index (κ1) is 8.50. The fourth-order valence-electron chi connectivity index (χ4n) is 0.875. The number of nitrogens with zero attached hydrogens (tertiary/aromatic N) is 1. The second-order valence-electron chi connectivity index (χ2n) is 2.62. The first-order chi connectivity index (χ1) is 5.11. The Kier molecular flexibility index (Phi) is 2.47. The molecule has 60 valence electrons. The van der Waals surface area contributed by atoms with Crippen molar-refractivity contribution >= 4 is 11.6 Å². The molecular formula is C8H11ClN2. The second-order valence-corrected chi connectivity index (χ2v) is 2.98. The number of hydrogen-bond donors (Lipinski definition) is 1. The minimum absolute atomic E-state index is 0.0457. The SMILES string of the molecule is Cc1ccc([C@H](C)N)c(Cl)n1. The van der Waals surface area contributed by atoms with E-state index in [-0.39, 0.29) is 6.04 Å². The second kappa shape index (κ2) is 3.20. The highest BCUT2D eigenvalue weighted by atomic mass is 35.5. The molecule has 0 aromatic carbocycles. The zero-order valence-electron chi connectivity index (χ0n) is 6.63. The Labute approximate surface area is 71.4 Å². The molecule has 0 saturated carbocycles. The van der Waals surface area contributed by atoms with Crippen molar-refractivity contribution in [2.24, 2.45) is 5.73 Å². The molecule has 3 heteroatoms.